The molecule has 0 radical (unpaired) electrons. The van der Waals surface area contributed by atoms with E-state index in [1.165, 1.54) is 0 Å². The first-order valence-electron chi connectivity index (χ1n) is 10.6. The number of hydrogen-bond acceptors (Lipinski definition) is 5. The number of carbonyl (C=O) groups is 1. The average Bonchev–Trinajstić information content (AvgIpc) is 2.71. The Kier molecular flexibility index (Phi) is 6.58. The third-order valence-electron chi connectivity index (χ3n) is 6.41. The van der Waals surface area contributed by atoms with Gasteiger partial charge in [-0.2, -0.15) is 0 Å². The fourth-order valence-electron chi connectivity index (χ4n) is 5.00. The van der Waals surface area contributed by atoms with Crippen LogP contribution in [0.4, 0.5) is 0 Å². The number of nitrogens with one attached hydrogen (secondary N) is 1. The quantitative estimate of drug-likeness (QED) is 0.739. The van der Waals surface area contributed by atoms with Crippen molar-refractivity contribution in [2.24, 2.45) is 0 Å². The van der Waals surface area contributed by atoms with Gasteiger partial charge >= 0.3 is 0 Å². The van der Waals surface area contributed by atoms with Gasteiger partial charge in [-0.3, -0.25) is 4.79 Å². The second kappa shape index (κ2) is 9.02. The van der Waals surface area contributed by atoms with E-state index in [0.29, 0.717) is 30.3 Å². The molecule has 3 heterocycles. The van der Waals surface area contributed by atoms with Gasteiger partial charge in [0.05, 0.1) is 25.0 Å². The van der Waals surface area contributed by atoms with Crippen LogP contribution in [0.3, 0.4) is 0 Å². The Balaban J connectivity index is 1.63. The van der Waals surface area contributed by atoms with Crippen molar-refractivity contribution in [2.75, 3.05) is 26.0 Å². The number of piperidine rings is 1. The Labute approximate surface area is 183 Å². The van der Waals surface area contributed by atoms with Crippen molar-refractivity contribution in [3.8, 4) is 5.75 Å². The van der Waals surface area contributed by atoms with Crippen LogP contribution in [0.15, 0.2) is 18.2 Å². The first-order valence-corrected chi connectivity index (χ1v) is 12.9. The van der Waals surface area contributed by atoms with Crippen LogP contribution in [0.25, 0.3) is 0 Å². The number of rotatable bonds is 2. The fourth-order valence-corrected chi connectivity index (χ4v) is 6.14. The zero-order valence-corrected chi connectivity index (χ0v) is 18.8. The molecule has 7 nitrogen and oxygen atoms in total. The highest BCUT2D eigenvalue weighted by Crippen LogP contribution is 2.42. The Bertz CT molecular complexity index is 885. The molecule has 2 fully saturated rings. The van der Waals surface area contributed by atoms with E-state index >= 15 is 0 Å². The number of hydrogen-bond donors (Lipinski definition) is 1. The summed E-state index contributed by atoms with van der Waals surface area (Å²) in [5.41, 5.74) is 0.983. The summed E-state index contributed by atoms with van der Waals surface area (Å²) in [4.78, 5) is 14.8. The molecule has 3 aliphatic heterocycles. The number of halogens is 1. The predicted octanol–water partition coefficient (Wildman–Crippen LogP) is 2.68. The average molecular weight is 457 g/mol. The van der Waals surface area contributed by atoms with Crippen LogP contribution >= 0.6 is 11.6 Å². The molecule has 1 aromatic carbocycles. The summed E-state index contributed by atoms with van der Waals surface area (Å²) in [6.45, 7) is 0.779. The molecule has 1 unspecified atom stereocenters. The van der Waals surface area contributed by atoms with E-state index in [0.717, 1.165) is 43.9 Å². The second-order valence-corrected chi connectivity index (χ2v) is 10.7. The lowest BCUT2D eigenvalue weighted by Gasteiger charge is -2.41. The second-order valence-electron chi connectivity index (χ2n) is 8.54. The van der Waals surface area contributed by atoms with Gasteiger partial charge in [0.2, 0.25) is 10.0 Å². The van der Waals surface area contributed by atoms with Gasteiger partial charge in [0.15, 0.2) is 6.61 Å². The van der Waals surface area contributed by atoms with E-state index in [1.807, 2.05) is 18.2 Å². The largest absolute Gasteiger partial charge is 0.483 e. The van der Waals surface area contributed by atoms with Crippen LogP contribution in [-0.4, -0.2) is 63.4 Å². The van der Waals surface area contributed by atoms with Gasteiger partial charge in [0, 0.05) is 23.2 Å². The predicted molar refractivity (Wildman–Crippen MR) is 114 cm³/mol. The highest BCUT2D eigenvalue weighted by Gasteiger charge is 2.37. The lowest BCUT2D eigenvalue weighted by molar-refractivity contribution is -0.140. The van der Waals surface area contributed by atoms with Crippen LogP contribution in [-0.2, 0) is 19.6 Å². The molecule has 1 aromatic rings. The number of carbonyl (C=O) groups excluding carboxylic acids is 1. The molecule has 30 heavy (non-hydrogen) atoms. The first kappa shape index (κ1) is 21.9. The highest BCUT2D eigenvalue weighted by molar-refractivity contribution is 7.88. The smallest absolute Gasteiger partial charge is 0.260 e. The van der Waals surface area contributed by atoms with Crippen molar-refractivity contribution in [3.63, 3.8) is 0 Å². The summed E-state index contributed by atoms with van der Waals surface area (Å²) in [7, 11) is -3.39. The molecule has 4 aliphatic rings. The molecule has 1 amide bonds. The number of fused-ring (bicyclic) bond motifs is 5. The normalized spacial score (nSPS) is 30.3. The minimum atomic E-state index is -3.39. The maximum absolute atomic E-state index is 13.1. The summed E-state index contributed by atoms with van der Waals surface area (Å²) < 4.78 is 38.7. The molecule has 1 aliphatic carbocycles. The Hall–Kier alpha value is -1.35. The number of nitrogens with zero attached hydrogens (tertiary/aromatic N) is 1. The van der Waals surface area contributed by atoms with Crippen LogP contribution in [0, 0.1) is 0 Å². The molecule has 2 atom stereocenters. The van der Waals surface area contributed by atoms with Gasteiger partial charge in [0.25, 0.3) is 5.91 Å². The molecular weight excluding hydrogens is 428 g/mol. The third kappa shape index (κ3) is 4.93. The Morgan fingerprint density at radius 3 is 2.67 bits per heavy atom. The SMILES string of the molecule is CS(=O)(=O)NC1CCCN2C(=O)COc3cccc(Cl)c3C3CCC(CC3)OC[C@@H]12. The third-order valence-corrected chi connectivity index (χ3v) is 7.47. The van der Waals surface area contributed by atoms with Crippen molar-refractivity contribution in [1.82, 2.24) is 9.62 Å². The van der Waals surface area contributed by atoms with E-state index in [9.17, 15) is 13.2 Å². The van der Waals surface area contributed by atoms with Gasteiger partial charge in [-0.15, -0.1) is 0 Å². The van der Waals surface area contributed by atoms with Gasteiger partial charge in [-0.05, 0) is 56.6 Å². The van der Waals surface area contributed by atoms with Crippen molar-refractivity contribution < 1.29 is 22.7 Å². The molecule has 166 valence electrons. The maximum Gasteiger partial charge on any atom is 0.260 e. The summed E-state index contributed by atoms with van der Waals surface area (Å²) in [5, 5.41) is 0.674. The standard InChI is InChI=1S/C21H29ClN2O5S/c1-30(26,27)23-17-5-3-11-24-18(17)12-28-15-9-7-14(8-10-15)21-16(22)4-2-6-19(21)29-13-20(24)25/h2,4,6,14-15,17-18,23H,3,5,7-13H2,1H3/t14?,15?,17?,18-/m0/s1. The molecule has 0 aromatic heterocycles. The van der Waals surface area contributed by atoms with Crippen LogP contribution in [0.1, 0.15) is 50.0 Å². The summed E-state index contributed by atoms with van der Waals surface area (Å²) in [6, 6.07) is 4.88. The van der Waals surface area contributed by atoms with E-state index in [1.54, 1.807) is 4.90 Å². The molecule has 9 heteroatoms. The Morgan fingerprint density at radius 1 is 1.17 bits per heavy atom. The van der Waals surface area contributed by atoms with Crippen molar-refractivity contribution in [2.45, 2.75) is 62.6 Å². The zero-order chi connectivity index (χ0) is 21.3. The van der Waals surface area contributed by atoms with Crippen molar-refractivity contribution >= 4 is 27.5 Å². The van der Waals surface area contributed by atoms with E-state index in [-0.39, 0.29) is 36.6 Å². The monoisotopic (exact) mass is 456 g/mol. The first-order chi connectivity index (χ1) is 14.3. The lowest BCUT2D eigenvalue weighted by Crippen LogP contribution is -2.59. The van der Waals surface area contributed by atoms with Crippen LogP contribution in [0.5, 0.6) is 5.75 Å². The van der Waals surface area contributed by atoms with E-state index < -0.39 is 10.0 Å². The Morgan fingerprint density at radius 2 is 1.93 bits per heavy atom. The summed E-state index contributed by atoms with van der Waals surface area (Å²) in [6.07, 6.45) is 6.35. The molecule has 1 saturated heterocycles. The number of amides is 1. The molecule has 1 saturated carbocycles. The van der Waals surface area contributed by atoms with Gasteiger partial charge < -0.3 is 14.4 Å². The molecule has 5 rings (SSSR count). The lowest BCUT2D eigenvalue weighted by atomic mass is 9.82. The van der Waals surface area contributed by atoms with Gasteiger partial charge in [-0.25, -0.2) is 13.1 Å². The maximum atomic E-state index is 13.1. The molecule has 2 bridgehead atoms. The summed E-state index contributed by atoms with van der Waals surface area (Å²) >= 11 is 6.51. The zero-order valence-electron chi connectivity index (χ0n) is 17.2. The van der Waals surface area contributed by atoms with E-state index in [2.05, 4.69) is 4.72 Å². The minimum absolute atomic E-state index is 0.103. The molecular formula is C21H29ClN2O5S. The highest BCUT2D eigenvalue weighted by atomic mass is 35.5. The fraction of sp³-hybridized carbons (Fsp3) is 0.667. The number of sulfonamides is 1. The topological polar surface area (TPSA) is 84.9 Å². The summed E-state index contributed by atoms with van der Waals surface area (Å²) in [5.74, 6) is 0.784. The van der Waals surface area contributed by atoms with Crippen LogP contribution < -0.4 is 9.46 Å². The van der Waals surface area contributed by atoms with Gasteiger partial charge in [-0.1, -0.05) is 17.7 Å². The molecule has 1 N–H and O–H groups in total. The van der Waals surface area contributed by atoms with Crippen molar-refractivity contribution in [3.05, 3.63) is 28.8 Å². The van der Waals surface area contributed by atoms with Crippen molar-refractivity contribution in [1.29, 1.82) is 0 Å². The van der Waals surface area contributed by atoms with Gasteiger partial charge in [0.1, 0.15) is 5.75 Å². The number of ether oxygens (including phenoxy) is 2. The minimum Gasteiger partial charge on any atom is -0.483 e. The number of benzene rings is 1. The molecule has 0 spiro atoms. The van der Waals surface area contributed by atoms with E-state index in [4.69, 9.17) is 21.1 Å². The van der Waals surface area contributed by atoms with Crippen LogP contribution in [0.2, 0.25) is 5.02 Å².